The quantitative estimate of drug-likeness (QED) is 0.878. The highest BCUT2D eigenvalue weighted by molar-refractivity contribution is 6.05. The van der Waals surface area contributed by atoms with Crippen LogP contribution in [0.4, 0.5) is 5.69 Å². The topological polar surface area (TPSA) is 86.1 Å². The summed E-state index contributed by atoms with van der Waals surface area (Å²) in [4.78, 5) is 30.4. The van der Waals surface area contributed by atoms with Gasteiger partial charge in [0, 0.05) is 31.7 Å². The molecule has 1 aromatic heterocycles. The predicted molar refractivity (Wildman–Crippen MR) is 95.2 cm³/mol. The number of rotatable bonds is 6. The van der Waals surface area contributed by atoms with Gasteiger partial charge >= 0.3 is 0 Å². The van der Waals surface area contributed by atoms with Crippen molar-refractivity contribution in [1.82, 2.24) is 9.88 Å². The van der Waals surface area contributed by atoms with Crippen LogP contribution < -0.4 is 5.32 Å². The Morgan fingerprint density at radius 1 is 1.20 bits per heavy atom. The summed E-state index contributed by atoms with van der Waals surface area (Å²) < 4.78 is 0. The highest BCUT2D eigenvalue weighted by Crippen LogP contribution is 2.12. The van der Waals surface area contributed by atoms with Crippen LogP contribution in [0.25, 0.3) is 0 Å². The minimum Gasteiger partial charge on any atom is -0.342 e. The van der Waals surface area contributed by atoms with Gasteiger partial charge < -0.3 is 10.2 Å². The highest BCUT2D eigenvalue weighted by Gasteiger charge is 2.14. The number of carbonyl (C=O) groups excluding carboxylic acids is 2. The molecule has 0 saturated heterocycles. The van der Waals surface area contributed by atoms with Crippen LogP contribution in [0.1, 0.15) is 46.0 Å². The molecule has 0 saturated carbocycles. The highest BCUT2D eigenvalue weighted by atomic mass is 16.2. The van der Waals surface area contributed by atoms with E-state index in [-0.39, 0.29) is 11.8 Å². The molecule has 6 nitrogen and oxygen atoms in total. The van der Waals surface area contributed by atoms with E-state index in [0.29, 0.717) is 28.9 Å². The molecule has 0 radical (unpaired) electrons. The van der Waals surface area contributed by atoms with Gasteiger partial charge in [-0.1, -0.05) is 13.3 Å². The third-order valence-electron chi connectivity index (χ3n) is 3.71. The van der Waals surface area contributed by atoms with E-state index in [0.717, 1.165) is 12.8 Å². The third-order valence-corrected chi connectivity index (χ3v) is 3.71. The standard InChI is InChI=1S/C19H20N4O2/c1-3-4-9-23(2)19(25)16-10-15(12-21-13-16)18(24)22-17-7-5-14(11-20)6-8-17/h5-8,10,12-13H,3-4,9H2,1-2H3,(H,22,24). The predicted octanol–water partition coefficient (Wildman–Crippen LogP) is 3.08. The van der Waals surface area contributed by atoms with Crippen LogP contribution in [0, 0.1) is 11.3 Å². The van der Waals surface area contributed by atoms with Gasteiger partial charge in [-0.3, -0.25) is 14.6 Å². The van der Waals surface area contributed by atoms with E-state index in [2.05, 4.69) is 17.2 Å². The number of nitrogens with zero attached hydrogens (tertiary/aromatic N) is 3. The fraction of sp³-hybridized carbons (Fsp3) is 0.263. The number of nitrogens with one attached hydrogen (secondary N) is 1. The van der Waals surface area contributed by atoms with Crippen LogP contribution in [0.5, 0.6) is 0 Å². The molecule has 0 unspecified atom stereocenters. The van der Waals surface area contributed by atoms with Crippen molar-refractivity contribution < 1.29 is 9.59 Å². The molecule has 0 atom stereocenters. The zero-order valence-electron chi connectivity index (χ0n) is 14.3. The molecule has 0 aliphatic heterocycles. The zero-order valence-corrected chi connectivity index (χ0v) is 14.3. The van der Waals surface area contributed by atoms with Gasteiger partial charge in [0.05, 0.1) is 22.8 Å². The molecule has 128 valence electrons. The first-order chi connectivity index (χ1) is 12.0. The van der Waals surface area contributed by atoms with Gasteiger partial charge in [0.25, 0.3) is 11.8 Å². The minimum absolute atomic E-state index is 0.158. The number of anilines is 1. The van der Waals surface area contributed by atoms with Gasteiger partial charge in [-0.25, -0.2) is 0 Å². The Bertz CT molecular complexity index is 794. The number of hydrogen-bond donors (Lipinski definition) is 1. The monoisotopic (exact) mass is 336 g/mol. The first-order valence-electron chi connectivity index (χ1n) is 8.07. The van der Waals surface area contributed by atoms with E-state index in [4.69, 9.17) is 5.26 Å². The average molecular weight is 336 g/mol. The fourth-order valence-corrected chi connectivity index (χ4v) is 2.23. The Balaban J connectivity index is 2.10. The lowest BCUT2D eigenvalue weighted by molar-refractivity contribution is 0.0793. The summed E-state index contributed by atoms with van der Waals surface area (Å²) >= 11 is 0. The lowest BCUT2D eigenvalue weighted by Crippen LogP contribution is -2.28. The molecule has 0 fully saturated rings. The summed E-state index contributed by atoms with van der Waals surface area (Å²) in [7, 11) is 1.74. The first kappa shape index (κ1) is 18.1. The summed E-state index contributed by atoms with van der Waals surface area (Å²) in [5.74, 6) is -0.517. The second kappa shape index (κ2) is 8.60. The van der Waals surface area contributed by atoms with Gasteiger partial charge in [-0.2, -0.15) is 5.26 Å². The number of benzene rings is 1. The number of carbonyl (C=O) groups is 2. The van der Waals surface area contributed by atoms with Crippen LogP contribution in [0.3, 0.4) is 0 Å². The molecular formula is C19H20N4O2. The van der Waals surface area contributed by atoms with E-state index in [1.54, 1.807) is 36.2 Å². The van der Waals surface area contributed by atoms with E-state index < -0.39 is 0 Å². The molecular weight excluding hydrogens is 316 g/mol. The van der Waals surface area contributed by atoms with Crippen molar-refractivity contribution >= 4 is 17.5 Å². The second-order valence-electron chi connectivity index (χ2n) is 5.69. The summed E-state index contributed by atoms with van der Waals surface area (Å²) in [6.07, 6.45) is 4.81. The van der Waals surface area contributed by atoms with E-state index in [1.165, 1.54) is 18.5 Å². The van der Waals surface area contributed by atoms with E-state index in [1.807, 2.05) is 6.07 Å². The van der Waals surface area contributed by atoms with Crippen molar-refractivity contribution in [1.29, 1.82) is 5.26 Å². The number of aromatic nitrogens is 1. The summed E-state index contributed by atoms with van der Waals surface area (Å²) in [5, 5.41) is 11.5. The maximum Gasteiger partial charge on any atom is 0.257 e. The van der Waals surface area contributed by atoms with Gasteiger partial charge in [0.2, 0.25) is 0 Å². The zero-order chi connectivity index (χ0) is 18.2. The van der Waals surface area contributed by atoms with E-state index in [9.17, 15) is 9.59 Å². The molecule has 0 aliphatic carbocycles. The van der Waals surface area contributed by atoms with Crippen LogP contribution in [0.15, 0.2) is 42.7 Å². The SMILES string of the molecule is CCCCN(C)C(=O)c1cncc(C(=O)Nc2ccc(C#N)cc2)c1. The van der Waals surface area contributed by atoms with E-state index >= 15 is 0 Å². The van der Waals surface area contributed by atoms with Crippen molar-refractivity contribution in [3.63, 3.8) is 0 Å². The maximum atomic E-state index is 12.4. The van der Waals surface area contributed by atoms with Crippen LogP contribution in [0.2, 0.25) is 0 Å². The Morgan fingerprint density at radius 3 is 2.52 bits per heavy atom. The van der Waals surface area contributed by atoms with Crippen molar-refractivity contribution in [2.75, 3.05) is 18.9 Å². The summed E-state index contributed by atoms with van der Waals surface area (Å²) in [5.41, 5.74) is 1.77. The Labute approximate surface area is 147 Å². The Hall–Kier alpha value is -3.20. The first-order valence-corrected chi connectivity index (χ1v) is 8.07. The molecule has 1 aromatic carbocycles. The van der Waals surface area contributed by atoms with Crippen LogP contribution >= 0.6 is 0 Å². The fourth-order valence-electron chi connectivity index (χ4n) is 2.23. The van der Waals surface area contributed by atoms with Crippen molar-refractivity contribution in [3.8, 4) is 6.07 Å². The lowest BCUT2D eigenvalue weighted by atomic mass is 10.1. The molecule has 2 rings (SSSR count). The van der Waals surface area contributed by atoms with Gasteiger partial charge in [0.1, 0.15) is 0 Å². The van der Waals surface area contributed by atoms with Crippen LogP contribution in [-0.4, -0.2) is 35.3 Å². The number of unbranched alkanes of at least 4 members (excludes halogenated alkanes) is 1. The normalized spacial score (nSPS) is 9.96. The largest absolute Gasteiger partial charge is 0.342 e. The number of nitriles is 1. The summed E-state index contributed by atoms with van der Waals surface area (Å²) in [6, 6.07) is 10.1. The maximum absolute atomic E-state index is 12.4. The number of amides is 2. The number of hydrogen-bond acceptors (Lipinski definition) is 4. The lowest BCUT2D eigenvalue weighted by Gasteiger charge is -2.16. The Morgan fingerprint density at radius 2 is 1.88 bits per heavy atom. The molecule has 0 aliphatic rings. The van der Waals surface area contributed by atoms with Gasteiger partial charge in [0.15, 0.2) is 0 Å². The smallest absolute Gasteiger partial charge is 0.257 e. The average Bonchev–Trinajstić information content (AvgIpc) is 2.66. The second-order valence-corrected chi connectivity index (χ2v) is 5.69. The molecule has 0 spiro atoms. The Kier molecular flexibility index (Phi) is 6.24. The summed E-state index contributed by atoms with van der Waals surface area (Å²) in [6.45, 7) is 2.73. The number of pyridine rings is 1. The molecule has 1 N–H and O–H groups in total. The minimum atomic E-state index is -0.358. The van der Waals surface area contributed by atoms with Gasteiger partial charge in [-0.15, -0.1) is 0 Å². The molecule has 2 aromatic rings. The molecule has 0 bridgehead atoms. The van der Waals surface area contributed by atoms with Crippen LogP contribution in [-0.2, 0) is 0 Å². The molecule has 6 heteroatoms. The van der Waals surface area contributed by atoms with Gasteiger partial charge in [-0.05, 0) is 36.8 Å². The van der Waals surface area contributed by atoms with Crippen molar-refractivity contribution in [2.45, 2.75) is 19.8 Å². The van der Waals surface area contributed by atoms with Crippen molar-refractivity contribution in [3.05, 3.63) is 59.4 Å². The molecule has 1 heterocycles. The van der Waals surface area contributed by atoms with Crippen molar-refractivity contribution in [2.24, 2.45) is 0 Å². The molecule has 2 amide bonds. The third kappa shape index (κ3) is 4.88. The molecule has 25 heavy (non-hydrogen) atoms.